The Hall–Kier alpha value is -4.56. The van der Waals surface area contributed by atoms with Crippen molar-refractivity contribution in [3.05, 3.63) is 151 Å². The fraction of sp³-hybridized carbons (Fsp3) is 0.0303. The monoisotopic (exact) mass is 452 g/mol. The van der Waals surface area contributed by atoms with E-state index in [1.807, 2.05) is 6.92 Å². The van der Waals surface area contributed by atoms with Crippen LogP contribution in [0.25, 0.3) is 6.08 Å². The average molecular weight is 453 g/mol. The van der Waals surface area contributed by atoms with Crippen LogP contribution in [0.1, 0.15) is 12.5 Å². The molecule has 0 heterocycles. The third-order valence-electron chi connectivity index (χ3n) is 5.92. The van der Waals surface area contributed by atoms with Gasteiger partial charge in [-0.15, -0.1) is 0 Å². The average Bonchev–Trinajstić information content (AvgIpc) is 2.93. The van der Waals surface area contributed by atoms with Gasteiger partial charge in [-0.3, -0.25) is 0 Å². The first kappa shape index (κ1) is 22.2. The number of benzene rings is 5. The van der Waals surface area contributed by atoms with Gasteiger partial charge in [-0.2, -0.15) is 0 Å². The van der Waals surface area contributed by atoms with Crippen molar-refractivity contribution in [1.82, 2.24) is 0 Å². The molecule has 0 fully saturated rings. The summed E-state index contributed by atoms with van der Waals surface area (Å²) in [5, 5.41) is 0. The maximum atomic E-state index is 2.29. The van der Waals surface area contributed by atoms with Crippen LogP contribution in [0.2, 0.25) is 0 Å². The summed E-state index contributed by atoms with van der Waals surface area (Å²) in [6.45, 7) is 2.04. The first-order valence-corrected chi connectivity index (χ1v) is 11.9. The van der Waals surface area contributed by atoms with E-state index in [4.69, 9.17) is 0 Å². The molecule has 0 amide bonds. The standard InChI is InChI=1S/C33H28N2/c1-2-12-27-19-21-31(22-20-27)35(30-17-10-5-11-18-30)33-25-23-32(24-26-33)34(28-13-6-3-7-14-28)29-15-8-4-9-16-29/h2-26H,1H3. The van der Waals surface area contributed by atoms with Gasteiger partial charge < -0.3 is 9.80 Å². The molecule has 0 N–H and O–H groups in total. The molecule has 0 aliphatic rings. The van der Waals surface area contributed by atoms with Crippen molar-refractivity contribution in [3.8, 4) is 0 Å². The molecule has 2 nitrogen and oxygen atoms in total. The Labute approximate surface area is 208 Å². The Morgan fingerprint density at radius 2 is 0.657 bits per heavy atom. The van der Waals surface area contributed by atoms with Crippen molar-refractivity contribution in [3.63, 3.8) is 0 Å². The van der Waals surface area contributed by atoms with E-state index >= 15 is 0 Å². The van der Waals surface area contributed by atoms with Crippen molar-refractivity contribution in [1.29, 1.82) is 0 Å². The lowest BCUT2D eigenvalue weighted by molar-refractivity contribution is 1.25. The second-order valence-electron chi connectivity index (χ2n) is 8.29. The van der Waals surface area contributed by atoms with Gasteiger partial charge in [0.1, 0.15) is 0 Å². The highest BCUT2D eigenvalue weighted by Crippen LogP contribution is 2.38. The zero-order valence-corrected chi connectivity index (χ0v) is 19.8. The quantitative estimate of drug-likeness (QED) is 0.242. The van der Waals surface area contributed by atoms with Crippen LogP contribution in [-0.4, -0.2) is 0 Å². The van der Waals surface area contributed by atoms with E-state index in [-0.39, 0.29) is 0 Å². The van der Waals surface area contributed by atoms with Crippen molar-refractivity contribution in [2.24, 2.45) is 0 Å². The maximum absolute atomic E-state index is 2.29. The van der Waals surface area contributed by atoms with Crippen molar-refractivity contribution in [2.45, 2.75) is 6.92 Å². The van der Waals surface area contributed by atoms with Gasteiger partial charge in [0.05, 0.1) is 0 Å². The smallest absolute Gasteiger partial charge is 0.0463 e. The van der Waals surface area contributed by atoms with Crippen LogP contribution in [0, 0.1) is 0 Å². The molecule has 0 aliphatic carbocycles. The summed E-state index contributed by atoms with van der Waals surface area (Å²) in [4.78, 5) is 4.57. The normalized spacial score (nSPS) is 10.9. The fourth-order valence-electron chi connectivity index (χ4n) is 4.30. The second-order valence-corrected chi connectivity index (χ2v) is 8.29. The Balaban J connectivity index is 1.55. The van der Waals surface area contributed by atoms with Gasteiger partial charge in [0.15, 0.2) is 0 Å². The summed E-state index contributed by atoms with van der Waals surface area (Å²) in [7, 11) is 0. The first-order chi connectivity index (χ1) is 17.3. The topological polar surface area (TPSA) is 6.48 Å². The van der Waals surface area contributed by atoms with Crippen LogP contribution in [-0.2, 0) is 0 Å². The molecule has 0 spiro atoms. The molecule has 0 aromatic heterocycles. The number of nitrogens with zero attached hydrogens (tertiary/aromatic N) is 2. The molecule has 170 valence electrons. The minimum absolute atomic E-state index is 1.11. The molecule has 2 heteroatoms. The molecule has 5 aromatic rings. The minimum atomic E-state index is 1.11. The van der Waals surface area contributed by atoms with Gasteiger partial charge in [0, 0.05) is 34.1 Å². The van der Waals surface area contributed by atoms with Crippen LogP contribution in [0.15, 0.2) is 146 Å². The van der Waals surface area contributed by atoms with E-state index in [1.54, 1.807) is 0 Å². The zero-order chi connectivity index (χ0) is 23.9. The predicted molar refractivity (Wildman–Crippen MR) is 151 cm³/mol. The third-order valence-corrected chi connectivity index (χ3v) is 5.92. The highest BCUT2D eigenvalue weighted by atomic mass is 15.2. The van der Waals surface area contributed by atoms with Crippen LogP contribution in [0.4, 0.5) is 34.1 Å². The molecule has 0 unspecified atom stereocenters. The number of para-hydroxylation sites is 3. The number of hydrogen-bond donors (Lipinski definition) is 0. The summed E-state index contributed by atoms with van der Waals surface area (Å²) in [6, 6.07) is 48.9. The Morgan fingerprint density at radius 1 is 0.371 bits per heavy atom. The van der Waals surface area contributed by atoms with Crippen LogP contribution in [0.3, 0.4) is 0 Å². The Bertz CT molecular complexity index is 1320. The van der Waals surface area contributed by atoms with Crippen molar-refractivity contribution >= 4 is 40.2 Å². The van der Waals surface area contributed by atoms with E-state index in [2.05, 4.69) is 161 Å². The van der Waals surface area contributed by atoms with E-state index in [0.29, 0.717) is 0 Å². The highest BCUT2D eigenvalue weighted by molar-refractivity contribution is 5.81. The van der Waals surface area contributed by atoms with Gasteiger partial charge in [-0.1, -0.05) is 78.9 Å². The molecule has 0 bridgehead atoms. The van der Waals surface area contributed by atoms with Gasteiger partial charge in [-0.05, 0) is 85.3 Å². The minimum Gasteiger partial charge on any atom is -0.311 e. The fourth-order valence-corrected chi connectivity index (χ4v) is 4.30. The first-order valence-electron chi connectivity index (χ1n) is 11.9. The molecule has 0 saturated carbocycles. The lowest BCUT2D eigenvalue weighted by atomic mass is 10.1. The maximum Gasteiger partial charge on any atom is 0.0463 e. The van der Waals surface area contributed by atoms with Crippen molar-refractivity contribution in [2.75, 3.05) is 9.80 Å². The zero-order valence-electron chi connectivity index (χ0n) is 19.8. The van der Waals surface area contributed by atoms with Crippen LogP contribution < -0.4 is 9.80 Å². The molecule has 0 radical (unpaired) electrons. The number of allylic oxidation sites excluding steroid dienone is 1. The lowest BCUT2D eigenvalue weighted by Crippen LogP contribution is -2.12. The van der Waals surface area contributed by atoms with Crippen LogP contribution >= 0.6 is 0 Å². The van der Waals surface area contributed by atoms with Gasteiger partial charge in [0.2, 0.25) is 0 Å². The van der Waals surface area contributed by atoms with E-state index < -0.39 is 0 Å². The molecule has 0 saturated heterocycles. The molecular formula is C33H28N2. The summed E-state index contributed by atoms with van der Waals surface area (Å²) in [6.07, 6.45) is 4.18. The molecule has 0 aliphatic heterocycles. The summed E-state index contributed by atoms with van der Waals surface area (Å²) in [5.41, 5.74) is 7.93. The van der Waals surface area contributed by atoms with Crippen molar-refractivity contribution < 1.29 is 0 Å². The molecule has 35 heavy (non-hydrogen) atoms. The number of anilines is 6. The SMILES string of the molecule is CC=Cc1ccc(N(c2ccccc2)c2ccc(N(c3ccccc3)c3ccccc3)cc2)cc1. The largest absolute Gasteiger partial charge is 0.311 e. The summed E-state index contributed by atoms with van der Waals surface area (Å²) in [5.74, 6) is 0. The summed E-state index contributed by atoms with van der Waals surface area (Å²) < 4.78 is 0. The number of rotatable bonds is 7. The highest BCUT2D eigenvalue weighted by Gasteiger charge is 2.15. The van der Waals surface area contributed by atoms with E-state index in [9.17, 15) is 0 Å². The third kappa shape index (κ3) is 5.02. The van der Waals surface area contributed by atoms with Crippen LogP contribution in [0.5, 0.6) is 0 Å². The molecule has 5 rings (SSSR count). The Morgan fingerprint density at radius 3 is 0.971 bits per heavy atom. The molecule has 5 aromatic carbocycles. The van der Waals surface area contributed by atoms with E-state index in [1.165, 1.54) is 5.56 Å². The molecule has 0 atom stereocenters. The molecular weight excluding hydrogens is 424 g/mol. The predicted octanol–water partition coefficient (Wildman–Crippen LogP) is 9.66. The van der Waals surface area contributed by atoms with Gasteiger partial charge >= 0.3 is 0 Å². The Kier molecular flexibility index (Phi) is 6.72. The van der Waals surface area contributed by atoms with E-state index in [0.717, 1.165) is 34.1 Å². The lowest BCUT2D eigenvalue weighted by Gasteiger charge is -2.28. The number of hydrogen-bond acceptors (Lipinski definition) is 2. The van der Waals surface area contributed by atoms with Gasteiger partial charge in [-0.25, -0.2) is 0 Å². The van der Waals surface area contributed by atoms with Gasteiger partial charge in [0.25, 0.3) is 0 Å². The summed E-state index contributed by atoms with van der Waals surface area (Å²) >= 11 is 0. The second kappa shape index (κ2) is 10.6.